The summed E-state index contributed by atoms with van der Waals surface area (Å²) in [6.45, 7) is 4.03. The van der Waals surface area contributed by atoms with Gasteiger partial charge in [-0.2, -0.15) is 0 Å². The Balaban J connectivity index is 2.31. The van der Waals surface area contributed by atoms with Crippen molar-refractivity contribution >= 4 is 5.78 Å². The first kappa shape index (κ1) is 8.90. The third kappa shape index (κ3) is 0.956. The summed E-state index contributed by atoms with van der Waals surface area (Å²) in [5.74, 6) is 0.771. The van der Waals surface area contributed by atoms with Gasteiger partial charge in [0.15, 0.2) is 5.78 Å². The van der Waals surface area contributed by atoms with Crippen LogP contribution in [0.2, 0.25) is 0 Å². The molecule has 0 aliphatic heterocycles. The number of allylic oxidation sites excluding steroid dienone is 2. The van der Waals surface area contributed by atoms with Crippen LogP contribution in [-0.2, 0) is 10.2 Å². The average molecular weight is 198 g/mol. The van der Waals surface area contributed by atoms with E-state index in [4.69, 9.17) is 0 Å². The van der Waals surface area contributed by atoms with Crippen LogP contribution in [-0.4, -0.2) is 5.78 Å². The molecule has 1 aromatic rings. The van der Waals surface area contributed by atoms with Crippen LogP contribution in [0, 0.1) is 0 Å². The van der Waals surface area contributed by atoms with Crippen LogP contribution in [0.1, 0.15) is 37.3 Å². The summed E-state index contributed by atoms with van der Waals surface area (Å²) in [4.78, 5) is 12.2. The van der Waals surface area contributed by atoms with Crippen LogP contribution in [0.5, 0.6) is 0 Å². The second-order valence-electron chi connectivity index (χ2n) is 4.91. The standard InChI is InChI=1S/C14H14O/c1-9-7-10-8-14(2,13(9)15)12-6-4-3-5-11(10)12/h3-7,10H,8H2,1-2H3. The highest BCUT2D eigenvalue weighted by Crippen LogP contribution is 2.51. The maximum absolute atomic E-state index is 12.2. The van der Waals surface area contributed by atoms with Crippen molar-refractivity contribution in [3.63, 3.8) is 0 Å². The van der Waals surface area contributed by atoms with Gasteiger partial charge in [0.05, 0.1) is 5.41 Å². The molecule has 0 saturated carbocycles. The zero-order valence-electron chi connectivity index (χ0n) is 9.08. The Morgan fingerprint density at radius 2 is 2.07 bits per heavy atom. The van der Waals surface area contributed by atoms with Gasteiger partial charge < -0.3 is 0 Å². The molecule has 2 unspecified atom stereocenters. The lowest BCUT2D eigenvalue weighted by Crippen LogP contribution is -2.32. The van der Waals surface area contributed by atoms with Gasteiger partial charge in [-0.05, 0) is 37.0 Å². The predicted molar refractivity (Wildman–Crippen MR) is 59.9 cm³/mol. The molecule has 0 fully saturated rings. The number of Topliss-reactive ketones (excluding diaryl/α,β-unsaturated/α-hetero) is 1. The summed E-state index contributed by atoms with van der Waals surface area (Å²) in [5.41, 5.74) is 3.28. The Bertz CT molecular complexity index is 484. The van der Waals surface area contributed by atoms with Gasteiger partial charge in [-0.3, -0.25) is 4.79 Å². The maximum atomic E-state index is 12.2. The summed E-state index contributed by atoms with van der Waals surface area (Å²) < 4.78 is 0. The normalized spacial score (nSPS) is 32.5. The van der Waals surface area contributed by atoms with Gasteiger partial charge in [-0.15, -0.1) is 0 Å². The molecule has 0 N–H and O–H groups in total. The molecule has 2 aliphatic carbocycles. The fraction of sp³-hybridized carbons (Fsp3) is 0.357. The van der Waals surface area contributed by atoms with Crippen LogP contribution < -0.4 is 0 Å². The number of ketones is 1. The Morgan fingerprint density at radius 1 is 1.33 bits per heavy atom. The number of benzene rings is 1. The van der Waals surface area contributed by atoms with Crippen LogP contribution in [0.15, 0.2) is 35.9 Å². The second kappa shape index (κ2) is 2.60. The Morgan fingerprint density at radius 3 is 2.87 bits per heavy atom. The molecule has 2 bridgehead atoms. The predicted octanol–water partition coefficient (Wildman–Crippen LogP) is 2.96. The summed E-state index contributed by atoms with van der Waals surface area (Å²) in [6.07, 6.45) is 3.10. The van der Waals surface area contributed by atoms with Gasteiger partial charge in [-0.25, -0.2) is 0 Å². The SMILES string of the molecule is CC1=CC2CC(C)(C1=O)c1ccccc12. The van der Waals surface area contributed by atoms with E-state index in [9.17, 15) is 4.79 Å². The molecule has 0 amide bonds. The van der Waals surface area contributed by atoms with Crippen LogP contribution in [0.25, 0.3) is 0 Å². The minimum Gasteiger partial charge on any atom is -0.294 e. The fourth-order valence-electron chi connectivity index (χ4n) is 3.16. The topological polar surface area (TPSA) is 17.1 Å². The van der Waals surface area contributed by atoms with E-state index in [1.807, 2.05) is 13.0 Å². The summed E-state index contributed by atoms with van der Waals surface area (Å²) in [7, 11) is 0. The summed E-state index contributed by atoms with van der Waals surface area (Å²) in [5, 5.41) is 0. The third-order valence-corrected chi connectivity index (χ3v) is 3.89. The zero-order chi connectivity index (χ0) is 10.6. The molecule has 15 heavy (non-hydrogen) atoms. The molecule has 0 heterocycles. The lowest BCUT2D eigenvalue weighted by Gasteiger charge is -2.27. The molecule has 0 saturated heterocycles. The van der Waals surface area contributed by atoms with Gasteiger partial charge in [0.25, 0.3) is 0 Å². The molecule has 0 radical (unpaired) electrons. The Kier molecular flexibility index (Phi) is 1.54. The van der Waals surface area contributed by atoms with E-state index in [0.717, 1.165) is 12.0 Å². The monoisotopic (exact) mass is 198 g/mol. The molecule has 2 atom stereocenters. The average Bonchev–Trinajstić information content (AvgIpc) is 2.49. The highest BCUT2D eigenvalue weighted by atomic mass is 16.1. The first-order valence-corrected chi connectivity index (χ1v) is 5.45. The van der Waals surface area contributed by atoms with Gasteiger partial charge in [0, 0.05) is 5.92 Å². The largest absolute Gasteiger partial charge is 0.294 e. The summed E-state index contributed by atoms with van der Waals surface area (Å²) >= 11 is 0. The third-order valence-electron chi connectivity index (χ3n) is 3.89. The summed E-state index contributed by atoms with van der Waals surface area (Å²) in [6, 6.07) is 8.37. The van der Waals surface area contributed by atoms with E-state index in [1.54, 1.807) is 0 Å². The molecular weight excluding hydrogens is 184 g/mol. The Hall–Kier alpha value is -1.37. The quantitative estimate of drug-likeness (QED) is 0.626. The van der Waals surface area contributed by atoms with E-state index < -0.39 is 0 Å². The van der Waals surface area contributed by atoms with Crippen molar-refractivity contribution < 1.29 is 4.79 Å². The number of hydrogen-bond donors (Lipinski definition) is 0. The molecule has 1 aromatic carbocycles. The highest BCUT2D eigenvalue weighted by molar-refractivity contribution is 6.05. The van der Waals surface area contributed by atoms with Crippen molar-refractivity contribution in [2.75, 3.05) is 0 Å². The van der Waals surface area contributed by atoms with Crippen molar-refractivity contribution in [1.29, 1.82) is 0 Å². The number of carbonyl (C=O) groups is 1. The van der Waals surface area contributed by atoms with E-state index >= 15 is 0 Å². The maximum Gasteiger partial charge on any atom is 0.168 e. The minimum absolute atomic E-state index is 0.250. The highest BCUT2D eigenvalue weighted by Gasteiger charge is 2.47. The number of hydrogen-bond acceptors (Lipinski definition) is 1. The second-order valence-corrected chi connectivity index (χ2v) is 4.91. The smallest absolute Gasteiger partial charge is 0.168 e. The van der Waals surface area contributed by atoms with Gasteiger partial charge in [0.2, 0.25) is 0 Å². The first-order valence-electron chi connectivity index (χ1n) is 5.45. The van der Waals surface area contributed by atoms with Gasteiger partial charge in [-0.1, -0.05) is 30.3 Å². The van der Waals surface area contributed by atoms with E-state index in [1.165, 1.54) is 11.1 Å². The number of carbonyl (C=O) groups excluding carboxylic acids is 1. The molecule has 1 heteroatoms. The minimum atomic E-state index is -0.250. The Labute approximate surface area is 89.8 Å². The van der Waals surface area contributed by atoms with Crippen LogP contribution in [0.4, 0.5) is 0 Å². The van der Waals surface area contributed by atoms with Crippen molar-refractivity contribution in [1.82, 2.24) is 0 Å². The van der Waals surface area contributed by atoms with E-state index in [0.29, 0.717) is 11.7 Å². The molecule has 2 aliphatic rings. The molecule has 1 nitrogen and oxygen atoms in total. The van der Waals surface area contributed by atoms with Crippen LogP contribution >= 0.6 is 0 Å². The first-order chi connectivity index (χ1) is 7.13. The molecular formula is C14H14O. The lowest BCUT2D eigenvalue weighted by atomic mass is 9.74. The molecule has 0 spiro atoms. The zero-order valence-corrected chi connectivity index (χ0v) is 9.08. The van der Waals surface area contributed by atoms with Crippen molar-refractivity contribution in [3.05, 3.63) is 47.0 Å². The lowest BCUT2D eigenvalue weighted by molar-refractivity contribution is -0.120. The van der Waals surface area contributed by atoms with E-state index in [2.05, 4.69) is 31.2 Å². The van der Waals surface area contributed by atoms with Crippen molar-refractivity contribution in [2.24, 2.45) is 0 Å². The van der Waals surface area contributed by atoms with Gasteiger partial charge in [0.1, 0.15) is 0 Å². The number of fused-ring (bicyclic) bond motifs is 5. The van der Waals surface area contributed by atoms with Crippen molar-refractivity contribution in [3.8, 4) is 0 Å². The van der Waals surface area contributed by atoms with Crippen molar-refractivity contribution in [2.45, 2.75) is 31.6 Å². The van der Waals surface area contributed by atoms with E-state index in [-0.39, 0.29) is 5.41 Å². The molecule has 0 aromatic heterocycles. The number of rotatable bonds is 0. The van der Waals surface area contributed by atoms with Crippen LogP contribution in [0.3, 0.4) is 0 Å². The van der Waals surface area contributed by atoms with Gasteiger partial charge >= 0.3 is 0 Å². The molecule has 76 valence electrons. The molecule has 3 rings (SSSR count). The fourth-order valence-corrected chi connectivity index (χ4v) is 3.16.